The van der Waals surface area contributed by atoms with Crippen molar-refractivity contribution in [1.29, 1.82) is 0 Å². The maximum Gasteiger partial charge on any atom is 0.238 e. The van der Waals surface area contributed by atoms with Gasteiger partial charge >= 0.3 is 0 Å². The zero-order valence-corrected chi connectivity index (χ0v) is 12.9. The molecule has 1 N–H and O–H groups in total. The average Bonchev–Trinajstić information content (AvgIpc) is 2.94. The summed E-state index contributed by atoms with van der Waals surface area (Å²) in [5.41, 5.74) is 2.29. The van der Waals surface area contributed by atoms with Crippen LogP contribution in [0.2, 0.25) is 0 Å². The molecule has 1 atom stereocenters. The second-order valence-electron chi connectivity index (χ2n) is 5.28. The van der Waals surface area contributed by atoms with Gasteiger partial charge in [0.05, 0.1) is 11.0 Å². The first-order chi connectivity index (χ1) is 11.2. The van der Waals surface area contributed by atoms with E-state index in [0.29, 0.717) is 5.16 Å². The van der Waals surface area contributed by atoms with Crippen LogP contribution in [0.1, 0.15) is 11.2 Å². The van der Waals surface area contributed by atoms with Crippen LogP contribution in [0, 0.1) is 0 Å². The van der Waals surface area contributed by atoms with E-state index in [9.17, 15) is 9.59 Å². The number of hydrogen-bond donors (Lipinski definition) is 1. The number of fused-ring (bicyclic) bond motifs is 3. The van der Waals surface area contributed by atoms with Crippen LogP contribution in [-0.2, 0) is 4.79 Å². The highest BCUT2D eigenvalue weighted by Gasteiger charge is 2.33. The van der Waals surface area contributed by atoms with E-state index >= 15 is 0 Å². The minimum Gasteiger partial charge on any atom is -0.325 e. The number of carbonyl (C=O) groups excluding carboxylic acids is 2. The number of rotatable bonds is 2. The molecule has 1 aromatic heterocycles. The molecule has 1 unspecified atom stereocenters. The van der Waals surface area contributed by atoms with Crippen LogP contribution in [0.4, 0.5) is 5.69 Å². The topological polar surface area (TPSA) is 64.0 Å². The van der Waals surface area contributed by atoms with Crippen LogP contribution in [0.3, 0.4) is 0 Å². The fourth-order valence-corrected chi connectivity index (χ4v) is 3.74. The summed E-state index contributed by atoms with van der Waals surface area (Å²) in [5.74, 6) is -0.270. The van der Waals surface area contributed by atoms with Crippen molar-refractivity contribution in [2.24, 2.45) is 0 Å². The lowest BCUT2D eigenvalue weighted by Gasteiger charge is -2.21. The highest BCUT2D eigenvalue weighted by atomic mass is 32.2. The van der Waals surface area contributed by atoms with Gasteiger partial charge in [-0.05, 0) is 24.3 Å². The minimum absolute atomic E-state index is 0.0966. The van der Waals surface area contributed by atoms with E-state index < -0.39 is 5.25 Å². The van der Waals surface area contributed by atoms with Crippen molar-refractivity contribution in [2.45, 2.75) is 16.8 Å². The molecule has 1 aliphatic heterocycles. The van der Waals surface area contributed by atoms with Gasteiger partial charge in [-0.25, -0.2) is 4.98 Å². The van der Waals surface area contributed by atoms with Crippen molar-refractivity contribution in [2.75, 3.05) is 5.32 Å². The quantitative estimate of drug-likeness (QED) is 0.787. The molecule has 0 saturated heterocycles. The first-order valence-corrected chi connectivity index (χ1v) is 8.13. The van der Waals surface area contributed by atoms with Crippen LogP contribution in [0.5, 0.6) is 0 Å². The van der Waals surface area contributed by atoms with Gasteiger partial charge in [0.1, 0.15) is 5.25 Å². The number of thioether (sulfide) groups is 1. The van der Waals surface area contributed by atoms with Crippen LogP contribution in [0.15, 0.2) is 59.8 Å². The third kappa shape index (κ3) is 2.51. The second-order valence-corrected chi connectivity index (χ2v) is 6.45. The summed E-state index contributed by atoms with van der Waals surface area (Å²) in [6.07, 6.45) is 0.163. The first-order valence-electron chi connectivity index (χ1n) is 7.25. The Morgan fingerprint density at radius 1 is 1.13 bits per heavy atom. The van der Waals surface area contributed by atoms with E-state index in [1.807, 2.05) is 54.6 Å². The fraction of sp³-hybridized carbons (Fsp3) is 0.118. The Labute approximate surface area is 136 Å². The van der Waals surface area contributed by atoms with Crippen LogP contribution in [0.25, 0.3) is 11.0 Å². The van der Waals surface area contributed by atoms with Gasteiger partial charge in [0.15, 0.2) is 5.16 Å². The van der Waals surface area contributed by atoms with Crippen LogP contribution < -0.4 is 5.32 Å². The Bertz CT molecular complexity index is 905. The minimum atomic E-state index is -0.466. The summed E-state index contributed by atoms with van der Waals surface area (Å²) in [6.45, 7) is 0. The number of hydrogen-bond acceptors (Lipinski definition) is 4. The van der Waals surface area contributed by atoms with Crippen molar-refractivity contribution in [3.63, 3.8) is 0 Å². The van der Waals surface area contributed by atoms with E-state index in [-0.39, 0.29) is 18.2 Å². The molecule has 2 heterocycles. The predicted octanol–water partition coefficient (Wildman–Crippen LogP) is 3.18. The summed E-state index contributed by atoms with van der Waals surface area (Å²) in [7, 11) is 0. The molecular weight excluding hydrogens is 310 g/mol. The van der Waals surface area contributed by atoms with E-state index in [2.05, 4.69) is 10.3 Å². The Hall–Kier alpha value is -2.60. The number of para-hydroxylation sites is 3. The molecular formula is C17H13N3O2S. The summed E-state index contributed by atoms with van der Waals surface area (Å²) >= 11 is 1.33. The largest absolute Gasteiger partial charge is 0.325 e. The molecule has 3 aromatic rings. The van der Waals surface area contributed by atoms with E-state index in [1.165, 1.54) is 11.8 Å². The molecule has 1 aliphatic rings. The van der Waals surface area contributed by atoms with E-state index in [1.54, 1.807) is 4.57 Å². The Morgan fingerprint density at radius 3 is 2.70 bits per heavy atom. The SMILES string of the molecule is O=C(Nc1ccccc1)C1CC(=O)n2c(nc3ccccc32)S1. The van der Waals surface area contributed by atoms with Gasteiger partial charge in [-0.3, -0.25) is 14.2 Å². The average molecular weight is 323 g/mol. The molecule has 4 rings (SSSR count). The molecule has 114 valence electrons. The van der Waals surface area contributed by atoms with E-state index in [0.717, 1.165) is 16.7 Å². The number of anilines is 1. The van der Waals surface area contributed by atoms with Crippen LogP contribution in [-0.4, -0.2) is 26.6 Å². The summed E-state index contributed by atoms with van der Waals surface area (Å²) in [4.78, 5) is 29.3. The van der Waals surface area contributed by atoms with Gasteiger partial charge in [0.25, 0.3) is 0 Å². The maximum atomic E-state index is 12.5. The van der Waals surface area contributed by atoms with Gasteiger partial charge in [-0.15, -0.1) is 0 Å². The number of amides is 1. The number of benzene rings is 2. The highest BCUT2D eigenvalue weighted by Crippen LogP contribution is 2.34. The molecule has 0 bridgehead atoms. The molecule has 0 radical (unpaired) electrons. The number of aromatic nitrogens is 2. The van der Waals surface area contributed by atoms with Crippen molar-refractivity contribution in [1.82, 2.24) is 9.55 Å². The molecule has 1 amide bonds. The molecule has 0 spiro atoms. The monoisotopic (exact) mass is 323 g/mol. The Kier molecular flexibility index (Phi) is 3.38. The number of carbonyl (C=O) groups is 2. The smallest absolute Gasteiger partial charge is 0.238 e. The zero-order valence-electron chi connectivity index (χ0n) is 12.1. The van der Waals surface area contributed by atoms with Crippen molar-refractivity contribution in [3.05, 3.63) is 54.6 Å². The van der Waals surface area contributed by atoms with Gasteiger partial charge in [-0.2, -0.15) is 0 Å². The lowest BCUT2D eigenvalue weighted by molar-refractivity contribution is -0.115. The lowest BCUT2D eigenvalue weighted by Crippen LogP contribution is -2.33. The maximum absolute atomic E-state index is 12.5. The van der Waals surface area contributed by atoms with Gasteiger partial charge in [-0.1, -0.05) is 42.1 Å². The molecule has 0 aliphatic carbocycles. The van der Waals surface area contributed by atoms with Crippen molar-refractivity contribution >= 4 is 40.3 Å². The number of imidazole rings is 1. The summed E-state index contributed by atoms with van der Waals surface area (Å²) in [6, 6.07) is 16.7. The standard InChI is InChI=1S/C17H13N3O2S/c21-15-10-14(16(22)18-11-6-2-1-3-7-11)23-17-19-12-8-4-5-9-13(12)20(15)17/h1-9,14H,10H2,(H,18,22). The third-order valence-corrected chi connectivity index (χ3v) is 4.87. The lowest BCUT2D eigenvalue weighted by atomic mass is 10.2. The first kappa shape index (κ1) is 14.0. The normalized spacial score (nSPS) is 17.0. The number of nitrogens with one attached hydrogen (secondary N) is 1. The van der Waals surface area contributed by atoms with E-state index in [4.69, 9.17) is 0 Å². The second kappa shape index (κ2) is 5.55. The van der Waals surface area contributed by atoms with Crippen molar-refractivity contribution in [3.8, 4) is 0 Å². The molecule has 2 aromatic carbocycles. The van der Waals surface area contributed by atoms with Gasteiger partial charge < -0.3 is 5.32 Å². The van der Waals surface area contributed by atoms with Gasteiger partial charge in [0, 0.05) is 12.1 Å². The molecule has 0 saturated carbocycles. The third-order valence-electron chi connectivity index (χ3n) is 3.72. The van der Waals surface area contributed by atoms with Crippen LogP contribution >= 0.6 is 11.8 Å². The molecule has 6 heteroatoms. The molecule has 5 nitrogen and oxygen atoms in total. The van der Waals surface area contributed by atoms with Crippen molar-refractivity contribution < 1.29 is 9.59 Å². The highest BCUT2D eigenvalue weighted by molar-refractivity contribution is 8.00. The molecule has 23 heavy (non-hydrogen) atoms. The predicted molar refractivity (Wildman–Crippen MR) is 89.7 cm³/mol. The van der Waals surface area contributed by atoms with Gasteiger partial charge in [0.2, 0.25) is 11.8 Å². The fourth-order valence-electron chi connectivity index (χ4n) is 2.63. The summed E-state index contributed by atoms with van der Waals surface area (Å²) < 4.78 is 1.60. The Morgan fingerprint density at radius 2 is 1.87 bits per heavy atom. The Balaban J connectivity index is 1.62. The summed E-state index contributed by atoms with van der Waals surface area (Å²) in [5, 5.41) is 2.96. The number of nitrogens with zero attached hydrogens (tertiary/aromatic N) is 2. The molecule has 0 fully saturated rings. The zero-order chi connectivity index (χ0) is 15.8.